The maximum absolute atomic E-state index is 13.0. The van der Waals surface area contributed by atoms with Crippen molar-refractivity contribution >= 4 is 34.4 Å². The summed E-state index contributed by atoms with van der Waals surface area (Å²) in [5, 5.41) is 11.4. The fraction of sp³-hybridized carbons (Fsp3) is 0.355. The highest BCUT2D eigenvalue weighted by molar-refractivity contribution is 6.76. The van der Waals surface area contributed by atoms with Gasteiger partial charge in [-0.15, -0.1) is 0 Å². The summed E-state index contributed by atoms with van der Waals surface area (Å²) >= 11 is 0. The van der Waals surface area contributed by atoms with Gasteiger partial charge in [-0.25, -0.2) is 9.59 Å². The molecular weight excluding hydrogens is 569 g/mol. The molecule has 2 aromatic carbocycles. The summed E-state index contributed by atoms with van der Waals surface area (Å²) in [5.41, 5.74) is 1.46. The van der Waals surface area contributed by atoms with Gasteiger partial charge in [0.1, 0.15) is 12.7 Å². The zero-order chi connectivity index (χ0) is 30.5. The molecule has 0 saturated carbocycles. The van der Waals surface area contributed by atoms with Gasteiger partial charge in [-0.3, -0.25) is 4.66 Å². The average Bonchev–Trinajstić information content (AvgIpc) is 3.25. The number of carbonyl (C=O) groups excluding carboxylic acids is 2. The van der Waals surface area contributed by atoms with Gasteiger partial charge < -0.3 is 23.7 Å². The lowest BCUT2D eigenvalue weighted by molar-refractivity contribution is -0.765. The quantitative estimate of drug-likeness (QED) is 0.123. The van der Waals surface area contributed by atoms with Crippen molar-refractivity contribution in [1.82, 2.24) is 0 Å². The number of carbonyl (C=O) groups is 2. The summed E-state index contributed by atoms with van der Waals surface area (Å²) in [4.78, 5) is 25.6. The van der Waals surface area contributed by atoms with E-state index in [2.05, 4.69) is 39.3 Å². The molecule has 0 amide bonds. The number of aromatic nitrogens is 1. The van der Waals surface area contributed by atoms with Crippen LogP contribution in [0.15, 0.2) is 89.8 Å². The molecule has 1 N–H and O–H groups in total. The summed E-state index contributed by atoms with van der Waals surface area (Å²) in [7, 11) is -3.89. The van der Waals surface area contributed by atoms with Gasteiger partial charge in [0, 0.05) is 6.07 Å². The molecule has 1 aliphatic heterocycles. The highest BCUT2D eigenvalue weighted by Gasteiger charge is 2.52. The van der Waals surface area contributed by atoms with Gasteiger partial charge in [0.15, 0.2) is 38.7 Å². The number of rotatable bonds is 9. The summed E-state index contributed by atoms with van der Waals surface area (Å²) in [6, 6.07) is 20.8. The molecule has 222 valence electrons. The highest BCUT2D eigenvalue weighted by Crippen LogP contribution is 2.29. The van der Waals surface area contributed by atoms with Crippen LogP contribution in [0.25, 0.3) is 0 Å². The first-order valence-electron chi connectivity index (χ1n) is 13.9. The standard InChI is InChI=1S/C31H39N2O7Si2/c1-41(2,3)32-28(40-42(4,5)6)24-18-13-19-33(20-24)29-26(34)27(39-31(36)23-16-11-8-12-17-23)25(38-29)21-37-30(35)22-14-9-7-10-15-22/h7-20,25-27,29,34H,21H2,1-6H3/q+1/t25-,26-,27-,29-/m1/s1. The number of ether oxygens (including phenoxy) is 3. The fourth-order valence-electron chi connectivity index (χ4n) is 4.35. The van der Waals surface area contributed by atoms with Gasteiger partial charge >= 0.3 is 11.9 Å². The molecule has 1 saturated heterocycles. The average molecular weight is 608 g/mol. The Balaban J connectivity index is 1.62. The first-order chi connectivity index (χ1) is 19.8. The van der Waals surface area contributed by atoms with Crippen LogP contribution >= 0.6 is 0 Å². The van der Waals surface area contributed by atoms with Crippen LogP contribution in [0.5, 0.6) is 0 Å². The maximum atomic E-state index is 13.0. The molecule has 3 aromatic rings. The molecule has 4 rings (SSSR count). The summed E-state index contributed by atoms with van der Waals surface area (Å²) in [6.45, 7) is 12.5. The lowest BCUT2D eigenvalue weighted by Gasteiger charge is -2.23. The van der Waals surface area contributed by atoms with Gasteiger partial charge in [0.25, 0.3) is 6.23 Å². The lowest BCUT2D eigenvalue weighted by Crippen LogP contribution is -2.47. The first-order valence-corrected chi connectivity index (χ1v) is 20.8. The molecule has 11 heteroatoms. The van der Waals surface area contributed by atoms with Crippen molar-refractivity contribution in [3.8, 4) is 0 Å². The van der Waals surface area contributed by atoms with Crippen molar-refractivity contribution in [2.45, 2.75) is 63.8 Å². The van der Waals surface area contributed by atoms with Crippen LogP contribution in [-0.2, 0) is 18.6 Å². The zero-order valence-electron chi connectivity index (χ0n) is 24.9. The van der Waals surface area contributed by atoms with Crippen LogP contribution in [0.4, 0.5) is 0 Å². The zero-order valence-corrected chi connectivity index (χ0v) is 26.9. The second-order valence-electron chi connectivity index (χ2n) is 12.1. The van der Waals surface area contributed by atoms with Gasteiger partial charge in [0.05, 0.1) is 16.7 Å². The fourth-order valence-corrected chi connectivity index (χ4v) is 5.96. The number of hydrogen-bond acceptors (Lipinski definition) is 8. The third kappa shape index (κ3) is 8.44. The number of aliphatic hydroxyl groups is 1. The molecule has 1 aliphatic rings. The number of hydrogen-bond donors (Lipinski definition) is 1. The van der Waals surface area contributed by atoms with E-state index < -0.39 is 53.0 Å². The lowest BCUT2D eigenvalue weighted by atomic mass is 10.1. The van der Waals surface area contributed by atoms with Crippen molar-refractivity contribution in [2.75, 3.05) is 6.61 Å². The maximum Gasteiger partial charge on any atom is 0.338 e. The third-order valence-corrected chi connectivity index (χ3v) is 7.83. The topological polar surface area (TPSA) is 108 Å². The minimum absolute atomic E-state index is 0.227. The summed E-state index contributed by atoms with van der Waals surface area (Å²) < 4.78 is 30.6. The molecule has 0 aliphatic carbocycles. The Morgan fingerprint density at radius 3 is 2.00 bits per heavy atom. The van der Waals surface area contributed by atoms with Crippen LogP contribution in [0.1, 0.15) is 32.5 Å². The van der Waals surface area contributed by atoms with E-state index in [1.54, 1.807) is 77.6 Å². The van der Waals surface area contributed by atoms with E-state index in [4.69, 9.17) is 23.3 Å². The predicted octanol–water partition coefficient (Wildman–Crippen LogP) is 4.75. The Morgan fingerprint density at radius 2 is 1.43 bits per heavy atom. The largest absolute Gasteiger partial charge is 0.532 e. The van der Waals surface area contributed by atoms with E-state index in [0.29, 0.717) is 17.0 Å². The molecule has 0 unspecified atom stereocenters. The summed E-state index contributed by atoms with van der Waals surface area (Å²) in [6.07, 6.45) is -0.647. The molecule has 2 heterocycles. The van der Waals surface area contributed by atoms with E-state index in [1.165, 1.54) is 0 Å². The molecule has 0 bridgehead atoms. The van der Waals surface area contributed by atoms with Crippen molar-refractivity contribution < 1.29 is 37.9 Å². The number of benzene rings is 2. The Labute approximate surface area is 249 Å². The van der Waals surface area contributed by atoms with E-state index >= 15 is 0 Å². The smallest absolute Gasteiger partial charge is 0.338 e. The monoisotopic (exact) mass is 607 g/mol. The second-order valence-corrected chi connectivity index (χ2v) is 21.1. The van der Waals surface area contributed by atoms with Crippen LogP contribution in [0.2, 0.25) is 39.3 Å². The molecule has 1 aromatic heterocycles. The second kappa shape index (κ2) is 13.1. The van der Waals surface area contributed by atoms with Gasteiger partial charge in [-0.2, -0.15) is 4.57 Å². The molecule has 9 nitrogen and oxygen atoms in total. The van der Waals surface area contributed by atoms with Crippen molar-refractivity contribution in [3.63, 3.8) is 0 Å². The van der Waals surface area contributed by atoms with E-state index in [9.17, 15) is 14.7 Å². The molecule has 1 fully saturated rings. The minimum Gasteiger partial charge on any atom is -0.532 e. The Bertz CT molecular complexity index is 1410. The van der Waals surface area contributed by atoms with Gasteiger partial charge in [-0.05, 0) is 69.6 Å². The van der Waals surface area contributed by atoms with Crippen LogP contribution in [-0.4, -0.2) is 64.4 Å². The van der Waals surface area contributed by atoms with E-state index in [1.807, 2.05) is 12.1 Å². The number of aliphatic hydroxyl groups excluding tert-OH is 1. The van der Waals surface area contributed by atoms with Gasteiger partial charge in [-0.1, -0.05) is 36.4 Å². The molecular formula is C31H39N2O7Si2+. The Kier molecular flexibility index (Phi) is 9.77. The highest BCUT2D eigenvalue weighted by atomic mass is 28.4. The van der Waals surface area contributed by atoms with Crippen molar-refractivity contribution in [3.05, 3.63) is 102 Å². The Hall–Kier alpha value is -3.65. The first kappa shape index (κ1) is 31.3. The molecule has 0 radical (unpaired) electrons. The normalized spacial score (nSPS) is 21.1. The summed E-state index contributed by atoms with van der Waals surface area (Å²) in [5.74, 6) is -0.596. The van der Waals surface area contributed by atoms with Crippen LogP contribution in [0, 0.1) is 0 Å². The SMILES string of the molecule is C[Si](C)(C)N=C(O[Si](C)(C)C)c1ccc[n+]([C@@H]2O[C@H](COC(=O)c3ccccc3)[C@@H](OC(=O)c3ccccc3)[C@H]2O)c1. The van der Waals surface area contributed by atoms with Crippen LogP contribution < -0.4 is 4.57 Å². The minimum atomic E-state index is -1.99. The molecule has 4 atom stereocenters. The number of pyridine rings is 1. The van der Waals surface area contributed by atoms with Gasteiger partial charge in [0.2, 0.25) is 8.32 Å². The van der Waals surface area contributed by atoms with E-state index in [0.717, 1.165) is 5.56 Å². The number of esters is 2. The number of nitrogens with zero attached hydrogens (tertiary/aromatic N) is 2. The molecule has 42 heavy (non-hydrogen) atoms. The molecule has 0 spiro atoms. The van der Waals surface area contributed by atoms with E-state index in [-0.39, 0.29) is 6.61 Å². The van der Waals surface area contributed by atoms with Crippen LogP contribution in [0.3, 0.4) is 0 Å². The Morgan fingerprint density at radius 1 is 0.857 bits per heavy atom. The third-order valence-electron chi connectivity index (χ3n) is 6.15. The van der Waals surface area contributed by atoms with Crippen molar-refractivity contribution in [1.29, 1.82) is 0 Å². The predicted molar refractivity (Wildman–Crippen MR) is 163 cm³/mol. The van der Waals surface area contributed by atoms with Crippen molar-refractivity contribution in [2.24, 2.45) is 4.66 Å².